The third-order valence-corrected chi connectivity index (χ3v) is 7.63. The number of hydrogen-bond donors (Lipinski definition) is 0. The van der Waals surface area contributed by atoms with Gasteiger partial charge in [0, 0.05) is 18.5 Å². The molecule has 3 aromatic rings. The SMILES string of the molecule is C=C(CC(F)(F)CC)N1N=C(/C(=C(\c2ccc(F)cc2)c2cc(C)ccc2C)C(C)C)CC1c1ccc(C)cc1. The summed E-state index contributed by atoms with van der Waals surface area (Å²) in [6.45, 7) is 16.0. The van der Waals surface area contributed by atoms with Crippen LogP contribution in [0.3, 0.4) is 0 Å². The lowest BCUT2D eigenvalue weighted by atomic mass is 9.82. The normalized spacial score (nSPS) is 16.3. The molecule has 40 heavy (non-hydrogen) atoms. The second-order valence-electron chi connectivity index (χ2n) is 11.2. The molecule has 0 radical (unpaired) electrons. The highest BCUT2D eigenvalue weighted by molar-refractivity contribution is 6.10. The molecule has 1 unspecified atom stereocenters. The summed E-state index contributed by atoms with van der Waals surface area (Å²) in [4.78, 5) is 0. The first kappa shape index (κ1) is 29.4. The number of allylic oxidation sites excluding steroid dienone is 2. The quantitative estimate of drug-likeness (QED) is 0.262. The zero-order valence-electron chi connectivity index (χ0n) is 24.4. The summed E-state index contributed by atoms with van der Waals surface area (Å²) in [5.74, 6) is -3.10. The van der Waals surface area contributed by atoms with Crippen LogP contribution in [0.4, 0.5) is 13.2 Å². The van der Waals surface area contributed by atoms with Gasteiger partial charge in [-0.05, 0) is 72.2 Å². The monoisotopic (exact) mass is 544 g/mol. The van der Waals surface area contributed by atoms with Crippen LogP contribution < -0.4 is 0 Å². The van der Waals surface area contributed by atoms with E-state index in [4.69, 9.17) is 5.10 Å². The average molecular weight is 545 g/mol. The number of alkyl halides is 2. The number of hydrogen-bond acceptors (Lipinski definition) is 2. The van der Waals surface area contributed by atoms with Gasteiger partial charge < -0.3 is 0 Å². The molecule has 0 saturated carbocycles. The van der Waals surface area contributed by atoms with E-state index in [2.05, 4.69) is 52.5 Å². The van der Waals surface area contributed by atoms with Gasteiger partial charge in [-0.1, -0.05) is 93.1 Å². The van der Waals surface area contributed by atoms with Crippen molar-refractivity contribution < 1.29 is 13.2 Å². The predicted octanol–water partition coefficient (Wildman–Crippen LogP) is 9.96. The Labute approximate surface area is 236 Å². The van der Waals surface area contributed by atoms with E-state index < -0.39 is 12.3 Å². The first-order valence-electron chi connectivity index (χ1n) is 14.0. The van der Waals surface area contributed by atoms with E-state index in [1.54, 1.807) is 17.1 Å². The highest BCUT2D eigenvalue weighted by Gasteiger charge is 2.37. The predicted molar refractivity (Wildman–Crippen MR) is 160 cm³/mol. The molecule has 2 nitrogen and oxygen atoms in total. The highest BCUT2D eigenvalue weighted by Crippen LogP contribution is 2.42. The Morgan fingerprint density at radius 1 is 0.975 bits per heavy atom. The second-order valence-corrected chi connectivity index (χ2v) is 11.2. The third-order valence-electron chi connectivity index (χ3n) is 7.63. The molecule has 1 aliphatic rings. The lowest BCUT2D eigenvalue weighted by Crippen LogP contribution is -2.24. The Balaban J connectivity index is 1.94. The van der Waals surface area contributed by atoms with E-state index in [0.29, 0.717) is 12.1 Å². The Kier molecular flexibility index (Phi) is 8.72. The average Bonchev–Trinajstić information content (AvgIpc) is 3.34. The van der Waals surface area contributed by atoms with Crippen LogP contribution in [0.25, 0.3) is 5.57 Å². The molecule has 0 aliphatic carbocycles. The molecular weight excluding hydrogens is 505 g/mol. The molecular formula is C35H39F3N2. The van der Waals surface area contributed by atoms with Crippen LogP contribution in [0.15, 0.2) is 89.7 Å². The highest BCUT2D eigenvalue weighted by atomic mass is 19.3. The van der Waals surface area contributed by atoms with Crippen LogP contribution in [0.2, 0.25) is 0 Å². The lowest BCUT2D eigenvalue weighted by Gasteiger charge is -2.28. The summed E-state index contributed by atoms with van der Waals surface area (Å²) in [5, 5.41) is 6.74. The minimum absolute atomic E-state index is 0.0580. The van der Waals surface area contributed by atoms with E-state index in [-0.39, 0.29) is 24.2 Å². The van der Waals surface area contributed by atoms with Gasteiger partial charge in [0.1, 0.15) is 5.82 Å². The van der Waals surface area contributed by atoms with Crippen molar-refractivity contribution in [1.82, 2.24) is 5.01 Å². The van der Waals surface area contributed by atoms with Crippen molar-refractivity contribution in [2.75, 3.05) is 0 Å². The van der Waals surface area contributed by atoms with Gasteiger partial charge in [0.2, 0.25) is 0 Å². The molecule has 5 heteroatoms. The van der Waals surface area contributed by atoms with Gasteiger partial charge in [-0.3, -0.25) is 5.01 Å². The minimum atomic E-state index is -2.86. The van der Waals surface area contributed by atoms with Crippen LogP contribution in [-0.4, -0.2) is 16.6 Å². The summed E-state index contributed by atoms with van der Waals surface area (Å²) in [6, 6.07) is 20.8. The lowest BCUT2D eigenvalue weighted by molar-refractivity contribution is -0.00939. The summed E-state index contributed by atoms with van der Waals surface area (Å²) < 4.78 is 43.1. The zero-order chi connectivity index (χ0) is 29.2. The fraction of sp³-hybridized carbons (Fsp3) is 0.343. The maximum Gasteiger partial charge on any atom is 0.253 e. The fourth-order valence-electron chi connectivity index (χ4n) is 5.36. The molecule has 0 fully saturated rings. The maximum absolute atomic E-state index is 14.5. The Morgan fingerprint density at radius 3 is 2.20 bits per heavy atom. The largest absolute Gasteiger partial charge is 0.262 e. The van der Waals surface area contributed by atoms with E-state index in [0.717, 1.165) is 50.2 Å². The van der Waals surface area contributed by atoms with E-state index in [1.807, 2.05) is 31.2 Å². The van der Waals surface area contributed by atoms with Gasteiger partial charge in [-0.2, -0.15) is 5.10 Å². The summed E-state index contributed by atoms with van der Waals surface area (Å²) in [5.41, 5.74) is 9.44. The van der Waals surface area contributed by atoms with Crippen LogP contribution in [-0.2, 0) is 0 Å². The summed E-state index contributed by atoms with van der Waals surface area (Å²) in [7, 11) is 0. The molecule has 1 heterocycles. The van der Waals surface area contributed by atoms with Gasteiger partial charge in [-0.25, -0.2) is 13.2 Å². The zero-order valence-corrected chi connectivity index (χ0v) is 24.4. The van der Waals surface area contributed by atoms with Gasteiger partial charge in [-0.15, -0.1) is 0 Å². The van der Waals surface area contributed by atoms with Crippen molar-refractivity contribution in [2.45, 2.75) is 72.8 Å². The molecule has 0 spiro atoms. The maximum atomic E-state index is 14.5. The molecule has 0 saturated heterocycles. The molecule has 3 aromatic carbocycles. The number of nitrogens with zero attached hydrogens (tertiary/aromatic N) is 2. The van der Waals surface area contributed by atoms with Gasteiger partial charge in [0.25, 0.3) is 5.92 Å². The molecule has 0 bridgehead atoms. The number of benzene rings is 3. The Morgan fingerprint density at radius 2 is 1.60 bits per heavy atom. The smallest absolute Gasteiger partial charge is 0.253 e. The van der Waals surface area contributed by atoms with Gasteiger partial charge >= 0.3 is 0 Å². The molecule has 0 aromatic heterocycles. The van der Waals surface area contributed by atoms with E-state index >= 15 is 0 Å². The molecule has 1 atom stereocenters. The van der Waals surface area contributed by atoms with E-state index in [9.17, 15) is 13.2 Å². The third kappa shape index (κ3) is 6.41. The van der Waals surface area contributed by atoms with Crippen molar-refractivity contribution in [3.05, 3.63) is 124 Å². The molecule has 4 rings (SSSR count). The topological polar surface area (TPSA) is 15.6 Å². The fourth-order valence-corrected chi connectivity index (χ4v) is 5.36. The molecule has 0 N–H and O–H groups in total. The Bertz CT molecular complexity index is 1430. The molecule has 0 amide bonds. The first-order chi connectivity index (χ1) is 18.9. The second kappa shape index (κ2) is 11.9. The van der Waals surface area contributed by atoms with E-state index in [1.165, 1.54) is 19.1 Å². The van der Waals surface area contributed by atoms with Crippen molar-refractivity contribution in [3.8, 4) is 0 Å². The molecule has 210 valence electrons. The Hall–Kier alpha value is -3.60. The van der Waals surface area contributed by atoms with Crippen LogP contribution >= 0.6 is 0 Å². The first-order valence-corrected chi connectivity index (χ1v) is 14.0. The summed E-state index contributed by atoms with van der Waals surface area (Å²) >= 11 is 0. The number of rotatable bonds is 9. The standard InChI is InChI=1S/C35H39F3N2/c1-8-35(37,38)21-26(7)40-32(27-13-10-23(4)11-14-27)20-31(39-40)33(22(2)3)34(28-15-17-29(36)18-16-28)30-19-24(5)9-12-25(30)6/h9-19,22,32H,7-8,20-21H2,1-6H3/b34-33+. The van der Waals surface area contributed by atoms with Gasteiger partial charge in [0.15, 0.2) is 0 Å². The van der Waals surface area contributed by atoms with Crippen LogP contribution in [0, 0.1) is 32.5 Å². The minimum Gasteiger partial charge on any atom is -0.262 e. The van der Waals surface area contributed by atoms with Gasteiger partial charge in [0.05, 0.1) is 18.2 Å². The van der Waals surface area contributed by atoms with Crippen molar-refractivity contribution >= 4 is 11.3 Å². The van der Waals surface area contributed by atoms with Crippen LogP contribution in [0.5, 0.6) is 0 Å². The number of hydrazone groups is 1. The number of halogens is 3. The number of aryl methyl sites for hydroxylation is 3. The molecule has 1 aliphatic heterocycles. The van der Waals surface area contributed by atoms with Crippen molar-refractivity contribution in [1.29, 1.82) is 0 Å². The van der Waals surface area contributed by atoms with Crippen molar-refractivity contribution in [3.63, 3.8) is 0 Å². The van der Waals surface area contributed by atoms with Crippen molar-refractivity contribution in [2.24, 2.45) is 11.0 Å². The summed E-state index contributed by atoms with van der Waals surface area (Å²) in [6.07, 6.45) is -0.169. The van der Waals surface area contributed by atoms with Crippen LogP contribution in [0.1, 0.15) is 79.5 Å².